The molecule has 0 unspecified atom stereocenters. The zero-order valence-electron chi connectivity index (χ0n) is 17.1. The molecular weight excluding hydrogens is 338 g/mol. The molecule has 4 nitrogen and oxygen atoms in total. The summed E-state index contributed by atoms with van der Waals surface area (Å²) in [6, 6.07) is 3.41. The molecule has 4 rings (SSSR count). The van der Waals surface area contributed by atoms with Crippen LogP contribution in [0.5, 0.6) is 5.75 Å². The second kappa shape index (κ2) is 6.02. The van der Waals surface area contributed by atoms with Gasteiger partial charge in [0.25, 0.3) is 0 Å². The number of hydrogen-bond acceptors (Lipinski definition) is 3. The van der Waals surface area contributed by atoms with Crippen LogP contribution in [0.25, 0.3) is 11.1 Å². The van der Waals surface area contributed by atoms with Gasteiger partial charge in [-0.25, -0.2) is 4.79 Å². The number of hydrogen-bond donors (Lipinski definition) is 1. The molecule has 0 saturated heterocycles. The zero-order chi connectivity index (χ0) is 19.6. The van der Waals surface area contributed by atoms with E-state index < -0.39 is 0 Å². The second-order valence-electron chi connectivity index (χ2n) is 9.44. The minimum atomic E-state index is -0.375. The third kappa shape index (κ3) is 2.60. The smallest absolute Gasteiger partial charge is 0.419 e. The first-order chi connectivity index (χ1) is 12.7. The predicted octanol–water partition coefficient (Wildman–Crippen LogP) is 5.18. The molecule has 4 heteroatoms. The normalized spacial score (nSPS) is 33.7. The summed E-state index contributed by atoms with van der Waals surface area (Å²) < 4.78 is 7.05. The molecule has 2 aromatic rings. The fraction of sp³-hybridized carbons (Fsp3) is 0.609. The highest BCUT2D eigenvalue weighted by Crippen LogP contribution is 2.61. The summed E-state index contributed by atoms with van der Waals surface area (Å²) in [5, 5.41) is 10.3. The fourth-order valence-electron chi connectivity index (χ4n) is 6.03. The number of oxazole rings is 1. The molecule has 4 atom stereocenters. The van der Waals surface area contributed by atoms with Gasteiger partial charge in [0.2, 0.25) is 0 Å². The van der Waals surface area contributed by atoms with Gasteiger partial charge in [-0.05, 0) is 67.8 Å². The van der Waals surface area contributed by atoms with E-state index in [1.54, 1.807) is 19.2 Å². The molecule has 1 fully saturated rings. The molecular formula is C23H31NO3. The number of phenolic OH excluding ortho intramolecular Hbond substituents is 1. The van der Waals surface area contributed by atoms with E-state index in [0.717, 1.165) is 18.4 Å². The Hall–Kier alpha value is -1.97. The quantitative estimate of drug-likeness (QED) is 0.742. The van der Waals surface area contributed by atoms with Gasteiger partial charge in [0.15, 0.2) is 5.58 Å². The van der Waals surface area contributed by atoms with E-state index in [-0.39, 0.29) is 22.3 Å². The molecule has 1 aromatic heterocycles. The van der Waals surface area contributed by atoms with E-state index >= 15 is 0 Å². The van der Waals surface area contributed by atoms with Crippen LogP contribution in [0.15, 0.2) is 33.0 Å². The third-order valence-corrected chi connectivity index (χ3v) is 8.12. The van der Waals surface area contributed by atoms with Gasteiger partial charge in [0, 0.05) is 18.7 Å². The van der Waals surface area contributed by atoms with Crippen molar-refractivity contribution in [3.8, 4) is 5.75 Å². The van der Waals surface area contributed by atoms with Crippen LogP contribution in [0, 0.1) is 22.7 Å². The molecule has 0 bridgehead atoms. The van der Waals surface area contributed by atoms with Gasteiger partial charge in [0.1, 0.15) is 5.75 Å². The van der Waals surface area contributed by atoms with Crippen molar-refractivity contribution in [1.82, 2.24) is 4.57 Å². The lowest BCUT2D eigenvalue weighted by molar-refractivity contribution is -0.0408. The van der Waals surface area contributed by atoms with Crippen molar-refractivity contribution in [3.05, 3.63) is 39.9 Å². The third-order valence-electron chi connectivity index (χ3n) is 8.12. The van der Waals surface area contributed by atoms with Crippen LogP contribution in [0.2, 0.25) is 0 Å². The molecule has 1 saturated carbocycles. The minimum Gasteiger partial charge on any atom is -0.508 e. The molecule has 2 aliphatic rings. The first-order valence-corrected chi connectivity index (χ1v) is 10.2. The summed E-state index contributed by atoms with van der Waals surface area (Å²) in [4.78, 5) is 12.1. The Morgan fingerprint density at radius 1 is 1.30 bits per heavy atom. The van der Waals surface area contributed by atoms with Gasteiger partial charge in [-0.2, -0.15) is 0 Å². The first-order valence-electron chi connectivity index (χ1n) is 10.2. The number of aromatic hydroxyl groups is 1. The summed E-state index contributed by atoms with van der Waals surface area (Å²) >= 11 is 0. The van der Waals surface area contributed by atoms with Crippen LogP contribution >= 0.6 is 0 Å². The van der Waals surface area contributed by atoms with Gasteiger partial charge in [0.05, 0.1) is 5.52 Å². The number of allylic oxidation sites excluding steroid dienone is 2. The van der Waals surface area contributed by atoms with Crippen LogP contribution in [0.4, 0.5) is 0 Å². The summed E-state index contributed by atoms with van der Waals surface area (Å²) in [5.74, 6) is 0.990. The maximum atomic E-state index is 12.1. The van der Waals surface area contributed by atoms with Gasteiger partial charge in [-0.3, -0.25) is 4.57 Å². The van der Waals surface area contributed by atoms with Crippen LogP contribution in [0.1, 0.15) is 58.9 Å². The lowest BCUT2D eigenvalue weighted by atomic mass is 9.47. The molecule has 1 N–H and O–H groups in total. The summed E-state index contributed by atoms with van der Waals surface area (Å²) in [6.45, 7) is 9.52. The number of phenols is 1. The van der Waals surface area contributed by atoms with E-state index in [9.17, 15) is 9.90 Å². The van der Waals surface area contributed by atoms with E-state index in [4.69, 9.17) is 4.42 Å². The van der Waals surface area contributed by atoms with Gasteiger partial charge in [-0.1, -0.05) is 32.4 Å². The van der Waals surface area contributed by atoms with E-state index in [2.05, 4.69) is 33.8 Å². The molecule has 1 heterocycles. The van der Waals surface area contributed by atoms with Crippen molar-refractivity contribution in [1.29, 1.82) is 0 Å². The van der Waals surface area contributed by atoms with Gasteiger partial charge < -0.3 is 9.52 Å². The van der Waals surface area contributed by atoms with Gasteiger partial charge >= 0.3 is 5.76 Å². The number of benzene rings is 1. The number of nitrogens with zero attached hydrogens (tertiary/aromatic N) is 1. The van der Waals surface area contributed by atoms with Crippen LogP contribution in [-0.4, -0.2) is 9.67 Å². The maximum Gasteiger partial charge on any atom is 0.419 e. The first kappa shape index (κ1) is 18.4. The Balaban J connectivity index is 1.83. The Morgan fingerprint density at radius 2 is 2.04 bits per heavy atom. The Kier molecular flexibility index (Phi) is 4.10. The van der Waals surface area contributed by atoms with Crippen molar-refractivity contribution in [3.63, 3.8) is 0 Å². The summed E-state index contributed by atoms with van der Waals surface area (Å²) in [5.41, 5.74) is 4.12. The SMILES string of the molecule is CC1=CCC[C@H]2[C@](C)(Cc3cc(O)cc4c3oc(=O)n4C)[C@@H](C)CC[C@]12C. The number of aryl methyl sites for hydroxylation is 1. The fourth-order valence-corrected chi connectivity index (χ4v) is 6.03. The Labute approximate surface area is 160 Å². The number of rotatable bonds is 2. The van der Waals surface area contributed by atoms with Crippen LogP contribution in [0.3, 0.4) is 0 Å². The van der Waals surface area contributed by atoms with E-state index in [1.807, 2.05) is 0 Å². The maximum absolute atomic E-state index is 12.1. The molecule has 1 aromatic carbocycles. The topological polar surface area (TPSA) is 55.4 Å². The highest BCUT2D eigenvalue weighted by Gasteiger charge is 2.53. The van der Waals surface area contributed by atoms with Crippen molar-refractivity contribution >= 4 is 11.1 Å². The van der Waals surface area contributed by atoms with Crippen molar-refractivity contribution < 1.29 is 9.52 Å². The van der Waals surface area contributed by atoms with E-state index in [1.165, 1.54) is 29.4 Å². The predicted molar refractivity (Wildman–Crippen MR) is 108 cm³/mol. The van der Waals surface area contributed by atoms with Crippen molar-refractivity contribution in [2.24, 2.45) is 29.7 Å². The Bertz CT molecular complexity index is 981. The van der Waals surface area contributed by atoms with Crippen LogP contribution in [-0.2, 0) is 13.5 Å². The molecule has 0 amide bonds. The van der Waals surface area contributed by atoms with Crippen molar-refractivity contribution in [2.45, 2.75) is 59.8 Å². The summed E-state index contributed by atoms with van der Waals surface area (Å²) in [6.07, 6.45) is 8.04. The second-order valence-corrected chi connectivity index (χ2v) is 9.44. The average molecular weight is 370 g/mol. The molecule has 0 spiro atoms. The van der Waals surface area contributed by atoms with Crippen molar-refractivity contribution in [2.75, 3.05) is 0 Å². The monoisotopic (exact) mass is 369 g/mol. The largest absolute Gasteiger partial charge is 0.508 e. The lowest BCUT2D eigenvalue weighted by Crippen LogP contribution is -2.50. The van der Waals surface area contributed by atoms with Gasteiger partial charge in [-0.15, -0.1) is 0 Å². The number of fused-ring (bicyclic) bond motifs is 2. The lowest BCUT2D eigenvalue weighted by Gasteiger charge is -2.58. The highest BCUT2D eigenvalue weighted by atomic mass is 16.4. The summed E-state index contributed by atoms with van der Waals surface area (Å²) in [7, 11) is 1.69. The minimum absolute atomic E-state index is 0.0949. The molecule has 146 valence electrons. The molecule has 2 aliphatic carbocycles. The molecule has 0 radical (unpaired) electrons. The molecule has 0 aliphatic heterocycles. The zero-order valence-corrected chi connectivity index (χ0v) is 17.1. The standard InChI is InChI=1S/C23H31NO3/c1-14-7-6-8-19-22(14,3)10-9-15(2)23(19,4)13-16-11-17(25)12-18-20(16)27-21(26)24(18)5/h7,11-12,15,19,25H,6,8-10,13H2,1-5H3/t15-,19+,22+,23+/m0/s1. The van der Waals surface area contributed by atoms with E-state index in [0.29, 0.717) is 22.9 Å². The Morgan fingerprint density at radius 3 is 2.78 bits per heavy atom. The highest BCUT2D eigenvalue weighted by molar-refractivity contribution is 5.78. The molecule has 27 heavy (non-hydrogen) atoms. The van der Waals surface area contributed by atoms with Crippen LogP contribution < -0.4 is 5.76 Å². The average Bonchev–Trinajstić information content (AvgIpc) is 2.89. The number of aromatic nitrogens is 1.